The molecule has 51 heavy (non-hydrogen) atoms. The van der Waals surface area contributed by atoms with Crippen molar-refractivity contribution in [1.82, 2.24) is 19.5 Å². The van der Waals surface area contributed by atoms with Gasteiger partial charge in [-0.15, -0.1) is 0 Å². The fourth-order valence-corrected chi connectivity index (χ4v) is 7.33. The average Bonchev–Trinajstić information content (AvgIpc) is 3.56. The summed E-state index contributed by atoms with van der Waals surface area (Å²) in [6, 6.07) is 64.0. The van der Waals surface area contributed by atoms with Gasteiger partial charge in [0.25, 0.3) is 0 Å². The largest absolute Gasteiger partial charge is 0.309 e. The van der Waals surface area contributed by atoms with E-state index in [1.165, 1.54) is 38.0 Å². The summed E-state index contributed by atoms with van der Waals surface area (Å²) in [5.74, 6) is 1.95. The molecule has 0 saturated heterocycles. The van der Waals surface area contributed by atoms with Crippen molar-refractivity contribution in [3.8, 4) is 51.0 Å². The molecule has 0 N–H and O–H groups in total. The third-order valence-electron chi connectivity index (χ3n) is 9.82. The van der Waals surface area contributed by atoms with Crippen LogP contribution in [-0.4, -0.2) is 19.5 Å². The molecule has 0 fully saturated rings. The number of fused-ring (bicyclic) bond motifs is 6. The first kappa shape index (κ1) is 29.0. The van der Waals surface area contributed by atoms with Crippen molar-refractivity contribution >= 4 is 43.4 Å². The quantitative estimate of drug-likeness (QED) is 0.186. The van der Waals surface area contributed by atoms with Crippen LogP contribution >= 0.6 is 0 Å². The van der Waals surface area contributed by atoms with E-state index >= 15 is 0 Å². The lowest BCUT2D eigenvalue weighted by atomic mass is 10.0. The lowest BCUT2D eigenvalue weighted by molar-refractivity contribution is 1.07. The molecule has 0 atom stereocenters. The van der Waals surface area contributed by atoms with Crippen LogP contribution in [0.2, 0.25) is 0 Å². The molecule has 10 rings (SSSR count). The average molecular weight is 651 g/mol. The van der Waals surface area contributed by atoms with Crippen LogP contribution in [0, 0.1) is 0 Å². The molecule has 0 saturated carbocycles. The van der Waals surface area contributed by atoms with E-state index in [1.807, 2.05) is 30.3 Å². The molecule has 8 aromatic carbocycles. The highest BCUT2D eigenvalue weighted by Crippen LogP contribution is 2.37. The van der Waals surface area contributed by atoms with Gasteiger partial charge in [0, 0.05) is 33.2 Å². The molecule has 2 aromatic heterocycles. The maximum absolute atomic E-state index is 5.01. The van der Waals surface area contributed by atoms with E-state index in [-0.39, 0.29) is 0 Å². The molecule has 0 amide bonds. The predicted octanol–water partition coefficient (Wildman–Crippen LogP) is 11.9. The van der Waals surface area contributed by atoms with Crippen molar-refractivity contribution in [3.05, 3.63) is 182 Å². The molecule has 4 nitrogen and oxygen atoms in total. The minimum absolute atomic E-state index is 0.643. The lowest BCUT2D eigenvalue weighted by Gasteiger charge is -2.12. The highest BCUT2D eigenvalue weighted by atomic mass is 15.0. The second-order valence-electron chi connectivity index (χ2n) is 12.9. The van der Waals surface area contributed by atoms with Crippen LogP contribution in [0.3, 0.4) is 0 Å². The summed E-state index contributed by atoms with van der Waals surface area (Å²) in [6.45, 7) is 0. The van der Waals surface area contributed by atoms with Gasteiger partial charge in [0.1, 0.15) is 0 Å². The third-order valence-corrected chi connectivity index (χ3v) is 9.82. The topological polar surface area (TPSA) is 43.6 Å². The van der Waals surface area contributed by atoms with Crippen molar-refractivity contribution in [2.45, 2.75) is 0 Å². The third kappa shape index (κ3) is 5.04. The van der Waals surface area contributed by atoms with Crippen LogP contribution in [0.25, 0.3) is 94.3 Å². The number of benzene rings is 8. The van der Waals surface area contributed by atoms with Gasteiger partial charge in [0.15, 0.2) is 17.5 Å². The molecular formula is C47H30N4. The normalized spacial score (nSPS) is 11.5. The van der Waals surface area contributed by atoms with Gasteiger partial charge in [-0.2, -0.15) is 0 Å². The SMILES string of the molecule is c1ccc(-c2nc(-c3ccc(-c4cccc(-n5c6ccccc6c6c7ccccc7ccc65)c4)cc3)nc(-c3ccc4ccccc4c3)n2)cc1. The summed E-state index contributed by atoms with van der Waals surface area (Å²) in [7, 11) is 0. The Morgan fingerprint density at radius 1 is 0.314 bits per heavy atom. The summed E-state index contributed by atoms with van der Waals surface area (Å²) in [6.07, 6.45) is 0. The van der Waals surface area contributed by atoms with Gasteiger partial charge in [-0.1, -0.05) is 152 Å². The van der Waals surface area contributed by atoms with Crippen molar-refractivity contribution in [1.29, 1.82) is 0 Å². The van der Waals surface area contributed by atoms with Crippen molar-refractivity contribution in [2.75, 3.05) is 0 Å². The van der Waals surface area contributed by atoms with Crippen LogP contribution in [0.15, 0.2) is 182 Å². The highest BCUT2D eigenvalue weighted by Gasteiger charge is 2.16. The Morgan fingerprint density at radius 3 is 1.69 bits per heavy atom. The van der Waals surface area contributed by atoms with Crippen molar-refractivity contribution < 1.29 is 0 Å². The Morgan fingerprint density at radius 2 is 0.882 bits per heavy atom. The monoisotopic (exact) mass is 650 g/mol. The molecule has 4 heteroatoms. The first-order valence-electron chi connectivity index (χ1n) is 17.2. The minimum atomic E-state index is 0.643. The van der Waals surface area contributed by atoms with Crippen LogP contribution in [-0.2, 0) is 0 Å². The molecular weight excluding hydrogens is 621 g/mol. The van der Waals surface area contributed by atoms with E-state index < -0.39 is 0 Å². The highest BCUT2D eigenvalue weighted by molar-refractivity contribution is 6.21. The number of aromatic nitrogens is 4. The van der Waals surface area contributed by atoms with E-state index in [0.29, 0.717) is 17.5 Å². The zero-order chi connectivity index (χ0) is 33.7. The summed E-state index contributed by atoms with van der Waals surface area (Å²) < 4.78 is 2.39. The first-order valence-corrected chi connectivity index (χ1v) is 17.2. The van der Waals surface area contributed by atoms with Gasteiger partial charge in [0.2, 0.25) is 0 Å². The van der Waals surface area contributed by atoms with E-state index in [4.69, 9.17) is 15.0 Å². The van der Waals surface area contributed by atoms with E-state index in [1.54, 1.807) is 0 Å². The molecule has 0 radical (unpaired) electrons. The number of para-hydroxylation sites is 1. The second-order valence-corrected chi connectivity index (χ2v) is 12.9. The lowest BCUT2D eigenvalue weighted by Crippen LogP contribution is -2.00. The van der Waals surface area contributed by atoms with Gasteiger partial charge >= 0.3 is 0 Å². The van der Waals surface area contributed by atoms with E-state index in [0.717, 1.165) is 38.9 Å². The number of rotatable bonds is 5. The van der Waals surface area contributed by atoms with Gasteiger partial charge in [0.05, 0.1) is 11.0 Å². The summed E-state index contributed by atoms with van der Waals surface area (Å²) in [5.41, 5.74) is 8.64. The standard InChI is InChI=1S/C47H30N4/c1-2-13-34(14-3-1)45-48-46(50-47(49-45)38-26-23-31-11-4-5-15-36(31)29-38)35-24-21-32(22-25-35)37-16-10-17-39(30-37)51-42-20-9-8-19-41(42)44-40-18-7-6-12-33(40)27-28-43(44)51/h1-30H. The summed E-state index contributed by atoms with van der Waals surface area (Å²) in [4.78, 5) is 14.9. The fourth-order valence-electron chi connectivity index (χ4n) is 7.33. The van der Waals surface area contributed by atoms with Crippen LogP contribution < -0.4 is 0 Å². The molecule has 0 aliphatic rings. The van der Waals surface area contributed by atoms with Crippen molar-refractivity contribution in [3.63, 3.8) is 0 Å². The molecule has 0 aliphatic carbocycles. The fraction of sp³-hybridized carbons (Fsp3) is 0. The molecule has 10 aromatic rings. The molecule has 0 spiro atoms. The van der Waals surface area contributed by atoms with Gasteiger partial charge in [-0.3, -0.25) is 0 Å². The smallest absolute Gasteiger partial charge is 0.164 e. The van der Waals surface area contributed by atoms with Crippen LogP contribution in [0.4, 0.5) is 0 Å². The van der Waals surface area contributed by atoms with Crippen LogP contribution in [0.5, 0.6) is 0 Å². The number of hydrogen-bond acceptors (Lipinski definition) is 3. The molecule has 238 valence electrons. The second kappa shape index (κ2) is 11.9. The number of nitrogens with zero attached hydrogens (tertiary/aromatic N) is 4. The van der Waals surface area contributed by atoms with E-state index in [2.05, 4.69) is 156 Å². The van der Waals surface area contributed by atoms with Gasteiger partial charge < -0.3 is 4.57 Å². The van der Waals surface area contributed by atoms with Crippen molar-refractivity contribution in [2.24, 2.45) is 0 Å². The molecule has 0 bridgehead atoms. The maximum Gasteiger partial charge on any atom is 0.164 e. The predicted molar refractivity (Wildman–Crippen MR) is 211 cm³/mol. The van der Waals surface area contributed by atoms with Gasteiger partial charge in [-0.25, -0.2) is 15.0 Å². The Labute approximate surface area is 295 Å². The zero-order valence-corrected chi connectivity index (χ0v) is 27.6. The number of hydrogen-bond donors (Lipinski definition) is 0. The Kier molecular flexibility index (Phi) is 6.78. The molecule has 0 unspecified atom stereocenters. The Bertz CT molecular complexity index is 2910. The van der Waals surface area contributed by atoms with Gasteiger partial charge in [-0.05, 0) is 63.0 Å². The maximum atomic E-state index is 5.01. The zero-order valence-electron chi connectivity index (χ0n) is 27.6. The molecule has 0 aliphatic heterocycles. The Hall–Kier alpha value is -6.91. The minimum Gasteiger partial charge on any atom is -0.309 e. The first-order chi connectivity index (χ1) is 25.3. The Balaban J connectivity index is 1.06. The van der Waals surface area contributed by atoms with E-state index in [9.17, 15) is 0 Å². The summed E-state index contributed by atoms with van der Waals surface area (Å²) >= 11 is 0. The van der Waals surface area contributed by atoms with Crippen LogP contribution in [0.1, 0.15) is 0 Å². The molecule has 2 heterocycles. The summed E-state index contributed by atoms with van der Waals surface area (Å²) in [5, 5.41) is 7.40.